The molecule has 0 N–H and O–H groups in total. The summed E-state index contributed by atoms with van der Waals surface area (Å²) in [5.74, 6) is 0. The van der Waals surface area contributed by atoms with Gasteiger partial charge in [0.2, 0.25) is 0 Å². The smallest absolute Gasteiger partial charge is 0.137 e. The van der Waals surface area contributed by atoms with Crippen molar-refractivity contribution in [2.24, 2.45) is 0 Å². The average molecular weight is 1250 g/mol. The predicted molar refractivity (Wildman–Crippen MR) is 407 cm³/mol. The van der Waals surface area contributed by atoms with Crippen molar-refractivity contribution < 1.29 is 17.7 Å². The zero-order valence-corrected chi connectivity index (χ0v) is 52.9. The first-order valence-electron chi connectivity index (χ1n) is 33.3. The molecular formula is C92H56N2O4. The fourth-order valence-corrected chi connectivity index (χ4v) is 15.2. The Morgan fingerprint density at radius 3 is 1.16 bits per heavy atom. The molecule has 458 valence electrons. The number of furan rings is 4. The van der Waals surface area contributed by atoms with Crippen LogP contribution in [0.2, 0.25) is 0 Å². The zero-order valence-electron chi connectivity index (χ0n) is 52.9. The van der Waals surface area contributed by atoms with Crippen molar-refractivity contribution in [2.45, 2.75) is 0 Å². The second kappa shape index (κ2) is 22.2. The number of anilines is 6. The van der Waals surface area contributed by atoms with E-state index in [1.54, 1.807) is 0 Å². The van der Waals surface area contributed by atoms with Gasteiger partial charge in [0.1, 0.15) is 44.7 Å². The van der Waals surface area contributed by atoms with Gasteiger partial charge in [-0.05, 0) is 188 Å². The lowest BCUT2D eigenvalue weighted by Gasteiger charge is -2.30. The molecule has 0 aliphatic heterocycles. The van der Waals surface area contributed by atoms with Gasteiger partial charge in [-0.1, -0.05) is 212 Å². The van der Waals surface area contributed by atoms with Crippen LogP contribution < -0.4 is 9.80 Å². The molecule has 20 rings (SSSR count). The molecule has 0 fully saturated rings. The highest BCUT2D eigenvalue weighted by molar-refractivity contribution is 6.17. The van der Waals surface area contributed by atoms with Crippen molar-refractivity contribution in [3.05, 3.63) is 340 Å². The first-order chi connectivity index (χ1) is 48.5. The van der Waals surface area contributed by atoms with E-state index in [4.69, 9.17) is 17.7 Å². The van der Waals surface area contributed by atoms with Crippen molar-refractivity contribution in [3.63, 3.8) is 0 Å². The molecule has 4 heterocycles. The van der Waals surface area contributed by atoms with Gasteiger partial charge in [0.15, 0.2) is 0 Å². The Hall–Kier alpha value is -13.2. The Bertz CT molecular complexity index is 6620. The molecule has 6 nitrogen and oxygen atoms in total. The van der Waals surface area contributed by atoms with Gasteiger partial charge in [-0.2, -0.15) is 0 Å². The molecule has 0 saturated heterocycles. The maximum atomic E-state index is 6.86. The van der Waals surface area contributed by atoms with Crippen molar-refractivity contribution in [1.82, 2.24) is 0 Å². The van der Waals surface area contributed by atoms with Crippen LogP contribution in [0.1, 0.15) is 0 Å². The number of para-hydroxylation sites is 6. The van der Waals surface area contributed by atoms with Gasteiger partial charge in [0, 0.05) is 54.7 Å². The molecule has 0 aliphatic carbocycles. The molecule has 6 heteroatoms. The predicted octanol–water partition coefficient (Wildman–Crippen LogP) is 26.9. The van der Waals surface area contributed by atoms with E-state index < -0.39 is 0 Å². The summed E-state index contributed by atoms with van der Waals surface area (Å²) in [7, 11) is 0. The highest BCUT2D eigenvalue weighted by Gasteiger charge is 2.27. The number of rotatable bonds is 11. The number of benzene rings is 16. The van der Waals surface area contributed by atoms with Crippen LogP contribution in [-0.2, 0) is 0 Å². The summed E-state index contributed by atoms with van der Waals surface area (Å²) >= 11 is 0. The van der Waals surface area contributed by atoms with E-state index in [0.717, 1.165) is 188 Å². The second-order valence-corrected chi connectivity index (χ2v) is 25.4. The monoisotopic (exact) mass is 1250 g/mol. The van der Waals surface area contributed by atoms with Crippen molar-refractivity contribution in [2.75, 3.05) is 9.80 Å². The van der Waals surface area contributed by atoms with E-state index in [1.165, 1.54) is 10.8 Å². The lowest BCUT2D eigenvalue weighted by molar-refractivity contribution is 0.668. The summed E-state index contributed by atoms with van der Waals surface area (Å²) in [6.45, 7) is 0. The van der Waals surface area contributed by atoms with E-state index in [-0.39, 0.29) is 0 Å². The highest BCUT2D eigenvalue weighted by atomic mass is 16.3. The van der Waals surface area contributed by atoms with Crippen LogP contribution in [0.3, 0.4) is 0 Å². The third kappa shape index (κ3) is 9.03. The van der Waals surface area contributed by atoms with Gasteiger partial charge in [0.25, 0.3) is 0 Å². The molecule has 0 saturated carbocycles. The summed E-state index contributed by atoms with van der Waals surface area (Å²) in [6, 6.07) is 122. The number of hydrogen-bond donors (Lipinski definition) is 0. The largest absolute Gasteiger partial charge is 0.456 e. The van der Waals surface area contributed by atoms with Gasteiger partial charge in [-0.15, -0.1) is 0 Å². The van der Waals surface area contributed by atoms with E-state index >= 15 is 0 Å². The minimum Gasteiger partial charge on any atom is -0.456 e. The third-order valence-corrected chi connectivity index (χ3v) is 19.8. The Morgan fingerprint density at radius 1 is 0.173 bits per heavy atom. The zero-order chi connectivity index (χ0) is 64.4. The second-order valence-electron chi connectivity index (χ2n) is 25.4. The summed E-state index contributed by atoms with van der Waals surface area (Å²) in [4.78, 5) is 4.83. The lowest BCUT2D eigenvalue weighted by Crippen LogP contribution is -2.12. The molecule has 0 unspecified atom stereocenters. The minimum absolute atomic E-state index is 0.820. The normalized spacial score (nSPS) is 11.9. The van der Waals surface area contributed by atoms with Crippen molar-refractivity contribution in [1.29, 1.82) is 0 Å². The van der Waals surface area contributed by atoms with Gasteiger partial charge in [-0.3, -0.25) is 0 Å². The molecule has 0 spiro atoms. The molecule has 0 aliphatic rings. The van der Waals surface area contributed by atoms with E-state index in [2.05, 4.69) is 325 Å². The van der Waals surface area contributed by atoms with Gasteiger partial charge < -0.3 is 27.5 Å². The summed E-state index contributed by atoms with van der Waals surface area (Å²) in [5.41, 5.74) is 23.8. The molecule has 0 amide bonds. The molecule has 20 aromatic rings. The minimum atomic E-state index is 0.820. The first-order valence-corrected chi connectivity index (χ1v) is 33.3. The highest BCUT2D eigenvalue weighted by Crippen LogP contribution is 2.51. The SMILES string of the molecule is c1cc(-c2ccc3ccccc3c2)cc(N(c2ccccc2-c2ccc3c(c2)oc2ccc(-c4ccc5ccc(-c6ccccc6N(c6ccccc6-c6ccc7c(c6)oc6ccccc67)c6cccc7oc8ccccc8c67)cc5c4)cc23)c2cccc3oc4ccccc4c23)c1. The molecule has 0 radical (unpaired) electrons. The molecular weight excluding hydrogens is 1200 g/mol. The standard InChI is InChI=1S/C92H56N2O4/c1-2-19-59-50-61(41-38-57(59)18-1)60-20-15-21-68(53-60)93(81-31-16-36-87-91(81)75-26-7-13-34-84(75)95-87)78-28-9-3-23-70(78)65-45-48-74-77-54-63(46-49-86(77)98-90(74)56-65)62-42-39-58-40-43-64(52-67(58)51-62)69-22-4-10-29-79(69)94(82-32-17-37-88-92(82)76-27-8-14-35-85(76)96-88)80-30-11-5-24-71(80)66-44-47-73-72-25-6-12-33-83(72)97-89(73)55-66/h1-56H. The summed E-state index contributed by atoms with van der Waals surface area (Å²) in [6.07, 6.45) is 0. The van der Waals surface area contributed by atoms with Crippen LogP contribution in [0.25, 0.3) is 165 Å². The molecule has 0 bridgehead atoms. The molecule has 0 atom stereocenters. The average Bonchev–Trinajstić information content (AvgIpc) is 1.45. The number of fused-ring (bicyclic) bond motifs is 14. The van der Waals surface area contributed by atoms with E-state index in [0.29, 0.717) is 0 Å². The van der Waals surface area contributed by atoms with Crippen LogP contribution >= 0.6 is 0 Å². The maximum absolute atomic E-state index is 6.86. The Morgan fingerprint density at radius 2 is 0.541 bits per heavy atom. The molecule has 16 aromatic carbocycles. The summed E-state index contributed by atoms with van der Waals surface area (Å²) < 4.78 is 26.5. The van der Waals surface area contributed by atoms with Crippen LogP contribution in [0, 0.1) is 0 Å². The fourth-order valence-electron chi connectivity index (χ4n) is 15.2. The van der Waals surface area contributed by atoms with Gasteiger partial charge in [0.05, 0.1) is 39.2 Å². The Balaban J connectivity index is 0.679. The number of hydrogen-bond acceptors (Lipinski definition) is 6. The number of nitrogens with zero attached hydrogens (tertiary/aromatic N) is 2. The molecule has 4 aromatic heterocycles. The van der Waals surface area contributed by atoms with Gasteiger partial charge in [-0.25, -0.2) is 0 Å². The van der Waals surface area contributed by atoms with E-state index in [1.807, 2.05) is 24.3 Å². The van der Waals surface area contributed by atoms with Crippen molar-refractivity contribution in [3.8, 4) is 55.6 Å². The van der Waals surface area contributed by atoms with Crippen molar-refractivity contribution >= 4 is 143 Å². The fraction of sp³-hybridized carbons (Fsp3) is 0. The summed E-state index contributed by atoms with van der Waals surface area (Å²) in [5, 5.41) is 13.2. The van der Waals surface area contributed by atoms with E-state index in [9.17, 15) is 0 Å². The Kier molecular flexibility index (Phi) is 12.6. The maximum Gasteiger partial charge on any atom is 0.137 e. The Labute approximate surface area is 562 Å². The van der Waals surface area contributed by atoms with Crippen LogP contribution in [-0.4, -0.2) is 0 Å². The molecule has 98 heavy (non-hydrogen) atoms. The van der Waals surface area contributed by atoms with Crippen LogP contribution in [0.4, 0.5) is 34.1 Å². The quantitative estimate of drug-likeness (QED) is 0.129. The lowest BCUT2D eigenvalue weighted by atomic mass is 9.95. The van der Waals surface area contributed by atoms with Crippen LogP contribution in [0.15, 0.2) is 357 Å². The topological polar surface area (TPSA) is 59.0 Å². The van der Waals surface area contributed by atoms with Gasteiger partial charge >= 0.3 is 0 Å². The first kappa shape index (κ1) is 55.3. The van der Waals surface area contributed by atoms with Crippen LogP contribution in [0.5, 0.6) is 0 Å². The third-order valence-electron chi connectivity index (χ3n) is 19.8.